The van der Waals surface area contributed by atoms with Gasteiger partial charge in [0, 0.05) is 23.9 Å². The summed E-state index contributed by atoms with van der Waals surface area (Å²) in [6.07, 6.45) is 0.462. The Morgan fingerprint density at radius 3 is 2.30 bits per heavy atom. The average molecular weight is 557 g/mol. The zero-order valence-electron chi connectivity index (χ0n) is 22.1. The van der Waals surface area contributed by atoms with E-state index in [-0.39, 0.29) is 17.8 Å². The van der Waals surface area contributed by atoms with Crippen LogP contribution < -0.4 is 5.01 Å². The summed E-state index contributed by atoms with van der Waals surface area (Å²) in [6, 6.07) is 29.0. The standard InChI is InChI=1S/C33H27ClF2N2O2/c1-21-31(30(39)19-23-7-6-10-27(17-23)33(2,35)36)32(40)38(37-21)29-18-24(15-22-11-13-28(34)14-12-22)16-26(20-29)25-8-4-3-5-9-25/h3-14,16-18,20,31H,15,19H2,1-2H3. The van der Waals surface area contributed by atoms with Gasteiger partial charge >= 0.3 is 0 Å². The molecule has 0 saturated heterocycles. The van der Waals surface area contributed by atoms with Crippen molar-refractivity contribution in [2.45, 2.75) is 32.6 Å². The molecule has 0 saturated carbocycles. The number of carbonyl (C=O) groups excluding carboxylic acids is 2. The molecule has 1 heterocycles. The number of rotatable bonds is 8. The molecule has 4 nitrogen and oxygen atoms in total. The average Bonchev–Trinajstić information content (AvgIpc) is 3.23. The van der Waals surface area contributed by atoms with Crippen molar-refractivity contribution in [3.05, 3.63) is 124 Å². The number of ketones is 1. The maximum absolute atomic E-state index is 13.8. The Morgan fingerprint density at radius 2 is 1.60 bits per heavy atom. The Bertz CT molecular complexity index is 1600. The van der Waals surface area contributed by atoms with E-state index in [0.29, 0.717) is 28.4 Å². The molecule has 1 aliphatic heterocycles. The minimum absolute atomic E-state index is 0.146. The van der Waals surface area contributed by atoms with Crippen molar-refractivity contribution in [2.24, 2.45) is 11.0 Å². The number of Topliss-reactive ketones (excluding diaryl/α,β-unsaturated/α-hetero) is 1. The number of halogens is 3. The molecule has 0 spiro atoms. The van der Waals surface area contributed by atoms with Crippen molar-refractivity contribution in [3.63, 3.8) is 0 Å². The third-order valence-electron chi connectivity index (χ3n) is 6.92. The minimum Gasteiger partial charge on any atom is -0.298 e. The number of hydrazone groups is 1. The molecule has 1 unspecified atom stereocenters. The van der Waals surface area contributed by atoms with Crippen molar-refractivity contribution >= 4 is 34.7 Å². The van der Waals surface area contributed by atoms with Gasteiger partial charge in [-0.05, 0) is 71.5 Å². The normalized spacial score (nSPS) is 15.3. The first-order chi connectivity index (χ1) is 19.1. The van der Waals surface area contributed by atoms with Crippen LogP contribution in [0.3, 0.4) is 0 Å². The van der Waals surface area contributed by atoms with Crippen molar-refractivity contribution in [2.75, 3.05) is 5.01 Å². The summed E-state index contributed by atoms with van der Waals surface area (Å²) in [7, 11) is 0. The molecule has 0 radical (unpaired) electrons. The number of amides is 1. The number of anilines is 1. The maximum atomic E-state index is 13.8. The summed E-state index contributed by atoms with van der Waals surface area (Å²) in [5, 5.41) is 6.41. The first kappa shape index (κ1) is 27.4. The van der Waals surface area contributed by atoms with Gasteiger partial charge in [-0.3, -0.25) is 9.59 Å². The number of nitrogens with zero attached hydrogens (tertiary/aromatic N) is 2. The third-order valence-corrected chi connectivity index (χ3v) is 7.17. The molecule has 0 bridgehead atoms. The first-order valence-electron chi connectivity index (χ1n) is 12.9. The van der Waals surface area contributed by atoms with Gasteiger partial charge in [-0.1, -0.05) is 78.3 Å². The molecule has 202 valence electrons. The molecule has 0 aromatic heterocycles. The second kappa shape index (κ2) is 11.1. The van der Waals surface area contributed by atoms with E-state index in [1.165, 1.54) is 23.2 Å². The van der Waals surface area contributed by atoms with E-state index in [1.807, 2.05) is 66.7 Å². The number of benzene rings is 4. The van der Waals surface area contributed by atoms with Gasteiger partial charge in [0.05, 0.1) is 11.4 Å². The monoisotopic (exact) mass is 556 g/mol. The summed E-state index contributed by atoms with van der Waals surface area (Å²) in [5.74, 6) is -4.94. The molecule has 1 atom stereocenters. The van der Waals surface area contributed by atoms with Crippen LogP contribution in [0.1, 0.15) is 36.1 Å². The molecule has 1 aliphatic rings. The highest BCUT2D eigenvalue weighted by atomic mass is 35.5. The van der Waals surface area contributed by atoms with Crippen LogP contribution in [0, 0.1) is 5.92 Å². The van der Waals surface area contributed by atoms with Crippen molar-refractivity contribution in [1.82, 2.24) is 0 Å². The first-order valence-corrected chi connectivity index (χ1v) is 13.3. The van der Waals surface area contributed by atoms with Crippen LogP contribution in [0.25, 0.3) is 11.1 Å². The lowest BCUT2D eigenvalue weighted by atomic mass is 9.93. The molecule has 0 fully saturated rings. The summed E-state index contributed by atoms with van der Waals surface area (Å²) < 4.78 is 27.6. The topological polar surface area (TPSA) is 49.7 Å². The highest BCUT2D eigenvalue weighted by Crippen LogP contribution is 2.33. The summed E-state index contributed by atoms with van der Waals surface area (Å²) in [5.41, 5.74) is 5.10. The number of alkyl halides is 2. The lowest BCUT2D eigenvalue weighted by molar-refractivity contribution is -0.128. The molecular weight excluding hydrogens is 530 g/mol. The predicted octanol–water partition coefficient (Wildman–Crippen LogP) is 7.86. The highest BCUT2D eigenvalue weighted by Gasteiger charge is 2.39. The van der Waals surface area contributed by atoms with Crippen LogP contribution in [0.5, 0.6) is 0 Å². The van der Waals surface area contributed by atoms with E-state index < -0.39 is 17.7 Å². The number of hydrogen-bond donors (Lipinski definition) is 0. The van der Waals surface area contributed by atoms with E-state index in [0.717, 1.165) is 29.2 Å². The Labute approximate surface area is 236 Å². The largest absolute Gasteiger partial charge is 0.298 e. The van der Waals surface area contributed by atoms with Crippen molar-refractivity contribution in [1.29, 1.82) is 0 Å². The van der Waals surface area contributed by atoms with Crippen LogP contribution in [0.4, 0.5) is 14.5 Å². The molecule has 40 heavy (non-hydrogen) atoms. The van der Waals surface area contributed by atoms with E-state index in [1.54, 1.807) is 13.0 Å². The van der Waals surface area contributed by atoms with Gasteiger partial charge in [0.1, 0.15) is 5.92 Å². The number of carbonyl (C=O) groups is 2. The molecule has 4 aromatic carbocycles. The van der Waals surface area contributed by atoms with Gasteiger partial charge in [-0.25, -0.2) is 8.78 Å². The lowest BCUT2D eigenvalue weighted by Crippen LogP contribution is -2.33. The third kappa shape index (κ3) is 6.02. The van der Waals surface area contributed by atoms with Gasteiger partial charge < -0.3 is 0 Å². The van der Waals surface area contributed by atoms with Crippen LogP contribution >= 0.6 is 11.6 Å². The van der Waals surface area contributed by atoms with Crippen LogP contribution in [0.15, 0.2) is 102 Å². The molecular formula is C33H27ClF2N2O2. The molecule has 0 N–H and O–H groups in total. The van der Waals surface area contributed by atoms with Gasteiger partial charge in [0.15, 0.2) is 5.78 Å². The summed E-state index contributed by atoms with van der Waals surface area (Å²) in [4.78, 5) is 26.9. The molecule has 7 heteroatoms. The number of hydrogen-bond acceptors (Lipinski definition) is 3. The molecule has 1 amide bonds. The highest BCUT2D eigenvalue weighted by molar-refractivity contribution is 6.30. The Morgan fingerprint density at radius 1 is 0.875 bits per heavy atom. The fourth-order valence-electron chi connectivity index (χ4n) is 4.91. The van der Waals surface area contributed by atoms with Crippen LogP contribution in [-0.2, 0) is 28.4 Å². The van der Waals surface area contributed by atoms with Gasteiger partial charge in [0.25, 0.3) is 11.8 Å². The summed E-state index contributed by atoms with van der Waals surface area (Å²) in [6.45, 7) is 2.46. The zero-order valence-corrected chi connectivity index (χ0v) is 22.8. The smallest absolute Gasteiger partial charge is 0.270 e. The Kier molecular flexibility index (Phi) is 7.63. The Hall–Kier alpha value is -4.16. The second-order valence-corrected chi connectivity index (χ2v) is 10.6. The van der Waals surface area contributed by atoms with E-state index >= 15 is 0 Å². The van der Waals surface area contributed by atoms with Gasteiger partial charge in [-0.15, -0.1) is 0 Å². The Balaban J connectivity index is 1.44. The fourth-order valence-corrected chi connectivity index (χ4v) is 5.04. The molecule has 5 rings (SSSR count). The predicted molar refractivity (Wildman–Crippen MR) is 155 cm³/mol. The molecule has 0 aliphatic carbocycles. The summed E-state index contributed by atoms with van der Waals surface area (Å²) >= 11 is 6.06. The van der Waals surface area contributed by atoms with Crippen molar-refractivity contribution in [3.8, 4) is 11.1 Å². The maximum Gasteiger partial charge on any atom is 0.270 e. The SMILES string of the molecule is CC1=NN(c2cc(Cc3ccc(Cl)cc3)cc(-c3ccccc3)c2)C(=O)C1C(=O)Cc1cccc(C(C)(F)F)c1. The lowest BCUT2D eigenvalue weighted by Gasteiger charge is -2.17. The quantitative estimate of drug-likeness (QED) is 0.207. The van der Waals surface area contributed by atoms with Crippen LogP contribution in [-0.4, -0.2) is 17.4 Å². The zero-order chi connectivity index (χ0) is 28.4. The molecule has 4 aromatic rings. The van der Waals surface area contributed by atoms with Crippen LogP contribution in [0.2, 0.25) is 5.02 Å². The van der Waals surface area contributed by atoms with Gasteiger partial charge in [0.2, 0.25) is 0 Å². The van der Waals surface area contributed by atoms with E-state index in [4.69, 9.17) is 11.6 Å². The van der Waals surface area contributed by atoms with Gasteiger partial charge in [-0.2, -0.15) is 10.1 Å². The minimum atomic E-state index is -3.02. The van der Waals surface area contributed by atoms with Crippen molar-refractivity contribution < 1.29 is 18.4 Å². The fraction of sp³-hybridized carbons (Fsp3) is 0.182. The van der Waals surface area contributed by atoms with E-state index in [2.05, 4.69) is 11.2 Å². The second-order valence-electron chi connectivity index (χ2n) is 10.1. The van der Waals surface area contributed by atoms with E-state index in [9.17, 15) is 18.4 Å².